The van der Waals surface area contributed by atoms with Gasteiger partial charge in [0.05, 0.1) is 0 Å². The van der Waals surface area contributed by atoms with Gasteiger partial charge >= 0.3 is 0 Å². The molecule has 0 nitrogen and oxygen atoms in total. The molecule has 4 unspecified atom stereocenters. The summed E-state index contributed by atoms with van der Waals surface area (Å²) in [5, 5.41) is 0. The summed E-state index contributed by atoms with van der Waals surface area (Å²) in [5.74, 6) is 6.69. The minimum atomic E-state index is 1.04. The Balaban J connectivity index is 1.67. The maximum Gasteiger partial charge on any atom is -0.0380 e. The van der Waals surface area contributed by atoms with Crippen molar-refractivity contribution in [2.24, 2.45) is 35.5 Å². The van der Waals surface area contributed by atoms with Crippen molar-refractivity contribution in [1.29, 1.82) is 0 Å². The zero-order valence-electron chi connectivity index (χ0n) is 10.4. The number of hydrogen-bond donors (Lipinski definition) is 0. The Morgan fingerprint density at radius 3 is 1.67 bits per heavy atom. The second-order valence-corrected chi connectivity index (χ2v) is 6.83. The van der Waals surface area contributed by atoms with Gasteiger partial charge in [-0.15, -0.1) is 0 Å². The van der Waals surface area contributed by atoms with Crippen LogP contribution in [0.2, 0.25) is 0 Å². The van der Waals surface area contributed by atoms with Crippen molar-refractivity contribution in [2.45, 2.75) is 58.8 Å². The summed E-state index contributed by atoms with van der Waals surface area (Å²) < 4.78 is 0. The number of fused-ring (bicyclic) bond motifs is 2. The molecular formula is C15H26. The van der Waals surface area contributed by atoms with Gasteiger partial charge in [0, 0.05) is 0 Å². The molecule has 4 atom stereocenters. The van der Waals surface area contributed by atoms with Gasteiger partial charge in [0.25, 0.3) is 0 Å². The van der Waals surface area contributed by atoms with E-state index in [-0.39, 0.29) is 0 Å². The number of rotatable bonds is 1. The largest absolute Gasteiger partial charge is 0.0651 e. The molecule has 3 aliphatic rings. The maximum atomic E-state index is 2.48. The van der Waals surface area contributed by atoms with Gasteiger partial charge in [-0.05, 0) is 74.0 Å². The Kier molecular flexibility index (Phi) is 2.57. The average molecular weight is 206 g/mol. The van der Waals surface area contributed by atoms with E-state index in [0.29, 0.717) is 0 Å². The highest BCUT2D eigenvalue weighted by Crippen LogP contribution is 2.55. The van der Waals surface area contributed by atoms with Crippen molar-refractivity contribution in [3.05, 3.63) is 0 Å². The van der Waals surface area contributed by atoms with Gasteiger partial charge in [0.2, 0.25) is 0 Å². The first kappa shape index (κ1) is 10.2. The smallest absolute Gasteiger partial charge is 0.0380 e. The Bertz CT molecular complexity index is 210. The van der Waals surface area contributed by atoms with Crippen LogP contribution in [0.5, 0.6) is 0 Å². The molecule has 3 saturated carbocycles. The lowest BCUT2D eigenvalue weighted by Crippen LogP contribution is -2.25. The molecular weight excluding hydrogens is 180 g/mol. The van der Waals surface area contributed by atoms with Crippen LogP contribution < -0.4 is 0 Å². The van der Waals surface area contributed by atoms with Gasteiger partial charge in [-0.3, -0.25) is 0 Å². The van der Waals surface area contributed by atoms with E-state index in [1.165, 1.54) is 6.42 Å². The van der Waals surface area contributed by atoms with Crippen LogP contribution in [-0.2, 0) is 0 Å². The molecule has 0 aromatic rings. The number of hydrogen-bond acceptors (Lipinski definition) is 0. The fourth-order valence-corrected chi connectivity index (χ4v) is 5.12. The molecule has 3 fully saturated rings. The van der Waals surface area contributed by atoms with Gasteiger partial charge in [-0.25, -0.2) is 0 Å². The first-order valence-electron chi connectivity index (χ1n) is 7.26. The molecule has 0 saturated heterocycles. The molecule has 0 N–H and O–H groups in total. The predicted molar refractivity (Wildman–Crippen MR) is 64.6 cm³/mol. The first-order valence-corrected chi connectivity index (χ1v) is 7.26. The predicted octanol–water partition coefficient (Wildman–Crippen LogP) is 4.49. The topological polar surface area (TPSA) is 0 Å². The summed E-state index contributed by atoms with van der Waals surface area (Å²) >= 11 is 0. The highest BCUT2D eigenvalue weighted by atomic mass is 14.5. The van der Waals surface area contributed by atoms with Crippen molar-refractivity contribution < 1.29 is 0 Å². The van der Waals surface area contributed by atoms with E-state index in [2.05, 4.69) is 13.8 Å². The van der Waals surface area contributed by atoms with E-state index >= 15 is 0 Å². The first-order chi connectivity index (χ1) is 7.26. The van der Waals surface area contributed by atoms with Crippen LogP contribution in [0.4, 0.5) is 0 Å². The molecule has 0 aliphatic heterocycles. The zero-order valence-corrected chi connectivity index (χ0v) is 10.4. The van der Waals surface area contributed by atoms with Crippen molar-refractivity contribution in [2.75, 3.05) is 0 Å². The summed E-state index contributed by atoms with van der Waals surface area (Å²) in [7, 11) is 0. The van der Waals surface area contributed by atoms with Gasteiger partial charge in [0.15, 0.2) is 0 Å². The lowest BCUT2D eigenvalue weighted by Gasteiger charge is -2.34. The third-order valence-electron chi connectivity index (χ3n) is 5.80. The molecule has 0 aromatic heterocycles. The molecule has 0 heteroatoms. The Morgan fingerprint density at radius 1 is 0.733 bits per heavy atom. The maximum absolute atomic E-state index is 2.48. The molecule has 0 amide bonds. The monoisotopic (exact) mass is 206 g/mol. The Morgan fingerprint density at radius 2 is 1.20 bits per heavy atom. The zero-order chi connectivity index (χ0) is 10.4. The summed E-state index contributed by atoms with van der Waals surface area (Å²) in [6.07, 6.45) is 10.9. The summed E-state index contributed by atoms with van der Waals surface area (Å²) in [6, 6.07) is 0. The molecule has 0 radical (unpaired) electrons. The van der Waals surface area contributed by atoms with E-state index in [1.54, 1.807) is 38.5 Å². The van der Waals surface area contributed by atoms with Crippen LogP contribution >= 0.6 is 0 Å². The molecule has 86 valence electrons. The second kappa shape index (κ2) is 3.79. The molecule has 3 rings (SSSR count). The summed E-state index contributed by atoms with van der Waals surface area (Å²) in [5.41, 5.74) is 0. The highest BCUT2D eigenvalue weighted by Gasteiger charge is 2.44. The van der Waals surface area contributed by atoms with Gasteiger partial charge in [-0.1, -0.05) is 20.3 Å². The highest BCUT2D eigenvalue weighted by molar-refractivity contribution is 4.95. The van der Waals surface area contributed by atoms with Gasteiger partial charge < -0.3 is 0 Å². The molecule has 3 aliphatic carbocycles. The Hall–Kier alpha value is 0. The van der Waals surface area contributed by atoms with Gasteiger partial charge in [-0.2, -0.15) is 0 Å². The quantitative estimate of drug-likeness (QED) is 0.593. The van der Waals surface area contributed by atoms with Crippen LogP contribution in [0.25, 0.3) is 0 Å². The molecule has 15 heavy (non-hydrogen) atoms. The van der Waals surface area contributed by atoms with Crippen LogP contribution in [0.15, 0.2) is 0 Å². The second-order valence-electron chi connectivity index (χ2n) is 6.83. The SMILES string of the molecule is CCC1CC2CC3CC(C)CC3CC2C1. The molecule has 0 spiro atoms. The minimum absolute atomic E-state index is 1.04. The van der Waals surface area contributed by atoms with E-state index in [1.807, 2.05) is 0 Å². The normalized spacial score (nSPS) is 54.0. The fraction of sp³-hybridized carbons (Fsp3) is 1.00. The molecule has 0 heterocycles. The standard InChI is InChI=1S/C15H26/c1-3-11-6-14-8-12-4-10(2)5-13(12)9-15(14)7-11/h10-15H,3-9H2,1-2H3. The van der Waals surface area contributed by atoms with Crippen molar-refractivity contribution in [1.82, 2.24) is 0 Å². The lowest BCUT2D eigenvalue weighted by molar-refractivity contribution is 0.157. The lowest BCUT2D eigenvalue weighted by atomic mass is 9.71. The van der Waals surface area contributed by atoms with Crippen molar-refractivity contribution >= 4 is 0 Å². The Labute approximate surface area is 94.8 Å². The molecule has 0 aromatic carbocycles. The van der Waals surface area contributed by atoms with Crippen molar-refractivity contribution in [3.63, 3.8) is 0 Å². The van der Waals surface area contributed by atoms with Crippen LogP contribution in [0.1, 0.15) is 58.8 Å². The third kappa shape index (κ3) is 1.74. The van der Waals surface area contributed by atoms with E-state index in [9.17, 15) is 0 Å². The fourth-order valence-electron chi connectivity index (χ4n) is 5.12. The van der Waals surface area contributed by atoms with Crippen molar-refractivity contribution in [3.8, 4) is 0 Å². The van der Waals surface area contributed by atoms with Crippen LogP contribution in [-0.4, -0.2) is 0 Å². The average Bonchev–Trinajstić information content (AvgIpc) is 2.74. The van der Waals surface area contributed by atoms with Crippen LogP contribution in [0.3, 0.4) is 0 Å². The summed E-state index contributed by atoms with van der Waals surface area (Å²) in [6.45, 7) is 4.87. The summed E-state index contributed by atoms with van der Waals surface area (Å²) in [4.78, 5) is 0. The van der Waals surface area contributed by atoms with Gasteiger partial charge in [0.1, 0.15) is 0 Å². The van der Waals surface area contributed by atoms with E-state index < -0.39 is 0 Å². The minimum Gasteiger partial charge on any atom is -0.0651 e. The molecule has 0 bridgehead atoms. The van der Waals surface area contributed by atoms with E-state index in [4.69, 9.17) is 0 Å². The third-order valence-corrected chi connectivity index (χ3v) is 5.80. The van der Waals surface area contributed by atoms with Crippen LogP contribution in [0, 0.1) is 35.5 Å². The van der Waals surface area contributed by atoms with E-state index in [0.717, 1.165) is 35.5 Å².